The molecule has 2 nitrogen and oxygen atoms in total. The third kappa shape index (κ3) is 11.5. The van der Waals surface area contributed by atoms with Gasteiger partial charge in [-0.3, -0.25) is 4.79 Å². The molecule has 0 heterocycles. The molecule has 5 heteroatoms. The van der Waals surface area contributed by atoms with Gasteiger partial charge < -0.3 is 17.5 Å². The summed E-state index contributed by atoms with van der Waals surface area (Å²) in [6.07, 6.45) is 2.89. The molecule has 0 aromatic carbocycles. The molecule has 0 radical (unpaired) electrons. The molecule has 0 amide bonds. The van der Waals surface area contributed by atoms with Crippen LogP contribution >= 0.6 is 22.6 Å². The minimum absolute atomic E-state index is 0. The maximum atomic E-state index is 10.2. The van der Waals surface area contributed by atoms with Crippen LogP contribution in [-0.4, -0.2) is 15.0 Å². The number of hydrogen-bond donors (Lipinski definition) is 1. The van der Waals surface area contributed by atoms with Crippen molar-refractivity contribution in [3.8, 4) is 0 Å². The number of carboxylic acid groups (broad SMARTS) is 1. The third-order valence-corrected chi connectivity index (χ3v) is 2.23. The zero-order chi connectivity index (χ0) is 7.28. The Balaban J connectivity index is -0.000000320. The number of alkyl halides is 1. The summed E-state index contributed by atoms with van der Waals surface area (Å²) in [5, 5.41) is 8.40. The van der Waals surface area contributed by atoms with Crippen LogP contribution in [0.15, 0.2) is 0 Å². The first-order valence-electron chi connectivity index (χ1n) is 3.05. The van der Waals surface area contributed by atoms with E-state index in [-0.39, 0.29) is 45.9 Å². The maximum absolute atomic E-state index is 10.2. The summed E-state index contributed by atoms with van der Waals surface area (Å²) in [6.45, 7) is 2.06. The Morgan fingerprint density at radius 3 is 2.36 bits per heavy atom. The molecule has 0 saturated carbocycles. The van der Waals surface area contributed by atoms with Crippen LogP contribution in [0.5, 0.6) is 0 Å². The molecule has 0 spiro atoms. The van der Waals surface area contributed by atoms with Gasteiger partial charge in [-0.25, -0.2) is 0 Å². The molecule has 0 aromatic rings. The van der Waals surface area contributed by atoms with Crippen LogP contribution < -0.4 is 42.0 Å². The van der Waals surface area contributed by atoms with E-state index in [1.807, 2.05) is 22.6 Å². The number of rotatable bonds is 4. The van der Waals surface area contributed by atoms with Crippen molar-refractivity contribution in [2.45, 2.75) is 30.1 Å². The fraction of sp³-hybridized carbons (Fsp3) is 0.833. The predicted octanol–water partition coefficient (Wildman–Crippen LogP) is -3.93. The minimum Gasteiger partial charge on any atom is -1.00 e. The van der Waals surface area contributed by atoms with E-state index < -0.39 is 5.97 Å². The van der Waals surface area contributed by atoms with Crippen LogP contribution in [0.2, 0.25) is 0 Å². The Hall–Kier alpha value is 1.49. The molecule has 1 atom stereocenters. The molecule has 11 heavy (non-hydrogen) atoms. The van der Waals surface area contributed by atoms with Crippen molar-refractivity contribution in [2.24, 2.45) is 0 Å². The number of halogens is 2. The van der Waals surface area contributed by atoms with Gasteiger partial charge in [-0.05, 0) is 6.42 Å². The Morgan fingerprint density at radius 1 is 1.64 bits per heavy atom. The molecule has 0 rings (SSSR count). The van der Waals surface area contributed by atoms with Crippen molar-refractivity contribution >= 4 is 28.6 Å². The summed E-state index contributed by atoms with van der Waals surface area (Å²) in [4.78, 5) is 10.2. The van der Waals surface area contributed by atoms with Crippen LogP contribution in [0.4, 0.5) is 0 Å². The van der Waals surface area contributed by atoms with Gasteiger partial charge in [0.05, 0.1) is 0 Å². The van der Waals surface area contributed by atoms with Crippen molar-refractivity contribution in [1.82, 2.24) is 0 Å². The summed E-state index contributed by atoms with van der Waals surface area (Å²) in [5.41, 5.74) is 0. The monoisotopic (exact) mass is 300 g/mol. The van der Waals surface area contributed by atoms with Crippen LogP contribution in [0.25, 0.3) is 0 Å². The van der Waals surface area contributed by atoms with Crippen molar-refractivity contribution in [3.05, 3.63) is 0 Å². The van der Waals surface area contributed by atoms with Gasteiger partial charge in [0.15, 0.2) is 0 Å². The first kappa shape index (κ1) is 18.3. The van der Waals surface area contributed by atoms with E-state index in [1.165, 1.54) is 0 Å². The first-order valence-corrected chi connectivity index (χ1v) is 4.30. The Morgan fingerprint density at radius 2 is 2.09 bits per heavy atom. The zero-order valence-corrected chi connectivity index (χ0v) is 11.7. The van der Waals surface area contributed by atoms with E-state index in [4.69, 9.17) is 5.11 Å². The average molecular weight is 300 g/mol. The Labute approximate surface area is 109 Å². The standard InChI is InChI=1S/C6H11IO2.ClH.Na/c1-2-3-4-5(7)6(8)9;;/h5H,2-4H2,1H3,(H,8,9);1H;/q;;+1/p-1. The van der Waals surface area contributed by atoms with E-state index in [1.54, 1.807) is 0 Å². The van der Waals surface area contributed by atoms with Gasteiger partial charge in [-0.1, -0.05) is 42.4 Å². The number of unbranched alkanes of at least 4 members (excludes halogenated alkanes) is 1. The smallest absolute Gasteiger partial charge is 1.00 e. The normalized spacial score (nSPS) is 10.7. The van der Waals surface area contributed by atoms with Gasteiger partial charge in [0, 0.05) is 0 Å². The number of carboxylic acids is 1. The van der Waals surface area contributed by atoms with E-state index in [2.05, 4.69) is 6.92 Å². The molecule has 0 aliphatic heterocycles. The summed E-state index contributed by atoms with van der Waals surface area (Å²) >= 11 is 1.96. The van der Waals surface area contributed by atoms with Crippen molar-refractivity contribution in [2.75, 3.05) is 0 Å². The Bertz CT molecular complexity index is 103. The molecular formula is C6H11ClINaO2. The molecule has 0 bridgehead atoms. The second-order valence-electron chi connectivity index (χ2n) is 1.95. The van der Waals surface area contributed by atoms with E-state index in [0.29, 0.717) is 0 Å². The predicted molar refractivity (Wildman–Crippen MR) is 45.0 cm³/mol. The molecular weight excluding hydrogens is 289 g/mol. The van der Waals surface area contributed by atoms with Crippen molar-refractivity contribution < 1.29 is 51.9 Å². The van der Waals surface area contributed by atoms with Crippen LogP contribution in [0, 0.1) is 0 Å². The molecule has 1 unspecified atom stereocenters. The second-order valence-corrected chi connectivity index (χ2v) is 3.45. The van der Waals surface area contributed by atoms with E-state index >= 15 is 0 Å². The van der Waals surface area contributed by atoms with Crippen molar-refractivity contribution in [3.63, 3.8) is 0 Å². The molecule has 62 valence electrons. The van der Waals surface area contributed by atoms with Crippen LogP contribution in [0.3, 0.4) is 0 Å². The van der Waals surface area contributed by atoms with Gasteiger partial charge in [-0.15, -0.1) is 0 Å². The molecule has 0 fully saturated rings. The zero-order valence-electron chi connectivity index (χ0n) is 6.81. The van der Waals surface area contributed by atoms with Gasteiger partial charge >= 0.3 is 35.5 Å². The molecule has 0 aromatic heterocycles. The summed E-state index contributed by atoms with van der Waals surface area (Å²) < 4.78 is -0.192. The summed E-state index contributed by atoms with van der Waals surface area (Å²) in [7, 11) is 0. The van der Waals surface area contributed by atoms with E-state index in [9.17, 15) is 4.79 Å². The SMILES string of the molecule is CCCCC(I)C(=O)O.[Cl-].[Na+]. The quantitative estimate of drug-likeness (QED) is 0.327. The maximum Gasteiger partial charge on any atom is 1.00 e. The van der Waals surface area contributed by atoms with Crippen LogP contribution in [0.1, 0.15) is 26.2 Å². The fourth-order valence-corrected chi connectivity index (χ4v) is 0.947. The van der Waals surface area contributed by atoms with Gasteiger partial charge in [-0.2, -0.15) is 0 Å². The Kier molecular flexibility index (Phi) is 19.1. The third-order valence-electron chi connectivity index (χ3n) is 1.08. The molecule has 0 aliphatic carbocycles. The molecule has 1 N–H and O–H groups in total. The molecule has 0 saturated heterocycles. The second kappa shape index (κ2) is 11.5. The number of carbonyl (C=O) groups is 1. The first-order chi connectivity index (χ1) is 4.18. The van der Waals surface area contributed by atoms with Gasteiger partial charge in [0.2, 0.25) is 0 Å². The topological polar surface area (TPSA) is 37.3 Å². The number of hydrogen-bond acceptors (Lipinski definition) is 1. The average Bonchev–Trinajstić information content (AvgIpc) is 1.82. The summed E-state index contributed by atoms with van der Waals surface area (Å²) in [6, 6.07) is 0. The van der Waals surface area contributed by atoms with E-state index in [0.717, 1.165) is 19.3 Å². The summed E-state index contributed by atoms with van der Waals surface area (Å²) in [5.74, 6) is -0.691. The fourth-order valence-electron chi connectivity index (χ4n) is 0.507. The van der Waals surface area contributed by atoms with Gasteiger partial charge in [0.25, 0.3) is 0 Å². The minimum atomic E-state index is -0.691. The van der Waals surface area contributed by atoms with Crippen molar-refractivity contribution in [1.29, 1.82) is 0 Å². The largest absolute Gasteiger partial charge is 1.00 e. The van der Waals surface area contributed by atoms with Crippen LogP contribution in [-0.2, 0) is 4.79 Å². The van der Waals surface area contributed by atoms with Gasteiger partial charge in [0.1, 0.15) is 3.92 Å². The number of aliphatic carboxylic acids is 1. The molecule has 0 aliphatic rings.